The van der Waals surface area contributed by atoms with Crippen molar-refractivity contribution in [3.63, 3.8) is 0 Å². The lowest BCUT2D eigenvalue weighted by Crippen LogP contribution is -2.24. The zero-order valence-electron chi connectivity index (χ0n) is 17.4. The van der Waals surface area contributed by atoms with E-state index in [-0.39, 0.29) is 10.6 Å². The van der Waals surface area contributed by atoms with Crippen molar-refractivity contribution in [1.29, 1.82) is 0 Å². The lowest BCUT2D eigenvalue weighted by Gasteiger charge is -2.21. The van der Waals surface area contributed by atoms with Crippen molar-refractivity contribution in [3.8, 4) is 0 Å². The summed E-state index contributed by atoms with van der Waals surface area (Å²) in [5.74, 6) is 0.304. The summed E-state index contributed by atoms with van der Waals surface area (Å²) in [6.45, 7) is 1.58. The highest BCUT2D eigenvalue weighted by atomic mass is 32.2. The second-order valence-corrected chi connectivity index (χ2v) is 10.4. The Morgan fingerprint density at radius 3 is 2.67 bits per heavy atom. The average Bonchev–Trinajstić information content (AvgIpc) is 2.76. The SMILES string of the molecule is O=S(=O)(Nc1ccc(CCCC2CCCCC2)cc1F)c1ccc2c(c1)CCNC2. The minimum atomic E-state index is -3.82. The topological polar surface area (TPSA) is 58.2 Å². The van der Waals surface area contributed by atoms with Crippen molar-refractivity contribution < 1.29 is 12.8 Å². The van der Waals surface area contributed by atoms with E-state index in [1.54, 1.807) is 18.2 Å². The Balaban J connectivity index is 1.39. The van der Waals surface area contributed by atoms with Crippen molar-refractivity contribution >= 4 is 15.7 Å². The van der Waals surface area contributed by atoms with E-state index in [0.29, 0.717) is 0 Å². The Hall–Kier alpha value is -1.92. The molecule has 0 saturated heterocycles. The van der Waals surface area contributed by atoms with Gasteiger partial charge in [0, 0.05) is 6.54 Å². The van der Waals surface area contributed by atoms with Crippen molar-refractivity contribution in [2.75, 3.05) is 11.3 Å². The number of halogens is 1. The molecule has 0 bridgehead atoms. The first kappa shape index (κ1) is 21.3. The van der Waals surface area contributed by atoms with E-state index < -0.39 is 15.8 Å². The van der Waals surface area contributed by atoms with Crippen LogP contribution in [0.2, 0.25) is 0 Å². The fourth-order valence-electron chi connectivity index (χ4n) is 4.69. The van der Waals surface area contributed by atoms with Crippen LogP contribution in [0.4, 0.5) is 10.1 Å². The molecule has 30 heavy (non-hydrogen) atoms. The van der Waals surface area contributed by atoms with E-state index in [1.165, 1.54) is 44.6 Å². The van der Waals surface area contributed by atoms with Crippen molar-refractivity contribution in [1.82, 2.24) is 5.32 Å². The van der Waals surface area contributed by atoms with Crippen LogP contribution >= 0.6 is 0 Å². The normalized spacial score (nSPS) is 17.5. The third-order valence-electron chi connectivity index (χ3n) is 6.45. The van der Waals surface area contributed by atoms with E-state index in [2.05, 4.69) is 10.0 Å². The Morgan fingerprint density at radius 2 is 1.87 bits per heavy atom. The first-order chi connectivity index (χ1) is 14.5. The number of sulfonamides is 1. The molecule has 2 aromatic carbocycles. The Labute approximate surface area is 179 Å². The summed E-state index contributed by atoms with van der Waals surface area (Å²) in [6, 6.07) is 9.98. The molecule has 1 saturated carbocycles. The predicted molar refractivity (Wildman–Crippen MR) is 119 cm³/mol. The zero-order chi connectivity index (χ0) is 21.0. The molecule has 0 amide bonds. The van der Waals surface area contributed by atoms with E-state index in [9.17, 15) is 12.8 Å². The highest BCUT2D eigenvalue weighted by Crippen LogP contribution is 2.28. The van der Waals surface area contributed by atoms with E-state index in [4.69, 9.17) is 0 Å². The highest BCUT2D eigenvalue weighted by Gasteiger charge is 2.19. The third-order valence-corrected chi connectivity index (χ3v) is 7.82. The number of hydrogen-bond acceptors (Lipinski definition) is 3. The van der Waals surface area contributed by atoms with E-state index >= 15 is 0 Å². The molecule has 0 atom stereocenters. The molecule has 0 aromatic heterocycles. The highest BCUT2D eigenvalue weighted by molar-refractivity contribution is 7.92. The number of benzene rings is 2. The van der Waals surface area contributed by atoms with Gasteiger partial charge in [0.2, 0.25) is 0 Å². The molecule has 1 aliphatic carbocycles. The molecule has 0 radical (unpaired) electrons. The maximum absolute atomic E-state index is 14.6. The van der Waals surface area contributed by atoms with Gasteiger partial charge in [-0.1, -0.05) is 50.7 Å². The Morgan fingerprint density at radius 1 is 1.03 bits per heavy atom. The van der Waals surface area contributed by atoms with Gasteiger partial charge < -0.3 is 5.32 Å². The number of hydrogen-bond donors (Lipinski definition) is 2. The zero-order valence-corrected chi connectivity index (χ0v) is 18.2. The molecule has 162 valence electrons. The monoisotopic (exact) mass is 430 g/mol. The van der Waals surface area contributed by atoms with Crippen LogP contribution < -0.4 is 10.0 Å². The van der Waals surface area contributed by atoms with Crippen LogP contribution in [-0.4, -0.2) is 15.0 Å². The minimum Gasteiger partial charge on any atom is -0.312 e. The summed E-state index contributed by atoms with van der Waals surface area (Å²) >= 11 is 0. The number of aryl methyl sites for hydroxylation is 1. The van der Waals surface area contributed by atoms with Crippen molar-refractivity contribution in [2.45, 2.75) is 69.2 Å². The molecular formula is C24H31FN2O2S. The Kier molecular flexibility index (Phi) is 6.74. The quantitative estimate of drug-likeness (QED) is 0.637. The van der Waals surface area contributed by atoms with Gasteiger partial charge in [-0.25, -0.2) is 12.8 Å². The van der Waals surface area contributed by atoms with Gasteiger partial charge in [0.15, 0.2) is 0 Å². The summed E-state index contributed by atoms with van der Waals surface area (Å²) in [7, 11) is -3.82. The summed E-state index contributed by atoms with van der Waals surface area (Å²) < 4.78 is 42.6. The number of rotatable bonds is 7. The third kappa shape index (κ3) is 5.22. The summed E-state index contributed by atoms with van der Waals surface area (Å²) in [5, 5.41) is 3.27. The van der Waals surface area contributed by atoms with Crippen LogP contribution in [0.5, 0.6) is 0 Å². The minimum absolute atomic E-state index is 0.00502. The molecule has 1 heterocycles. The van der Waals surface area contributed by atoms with Crippen LogP contribution in [0.1, 0.15) is 61.6 Å². The van der Waals surface area contributed by atoms with Crippen LogP contribution in [0.25, 0.3) is 0 Å². The second-order valence-electron chi connectivity index (χ2n) is 8.67. The summed E-state index contributed by atoms with van der Waals surface area (Å²) in [4.78, 5) is 0.180. The standard InChI is InChI=1S/C24H31FN2O2S/c25-23-15-19(8-4-7-18-5-2-1-3-6-18)9-12-24(23)27-30(28,29)22-11-10-21-17-26-14-13-20(21)16-22/h9-12,15-16,18,26-27H,1-8,13-14,17H2. The summed E-state index contributed by atoms with van der Waals surface area (Å²) in [6.07, 6.45) is 10.6. The van der Waals surface area contributed by atoms with E-state index in [1.807, 2.05) is 12.1 Å². The number of nitrogens with one attached hydrogen (secondary N) is 2. The van der Waals surface area contributed by atoms with Crippen LogP contribution in [0.3, 0.4) is 0 Å². The maximum Gasteiger partial charge on any atom is 0.261 e. The molecule has 0 spiro atoms. The van der Waals surface area contributed by atoms with Crippen LogP contribution in [0, 0.1) is 11.7 Å². The smallest absolute Gasteiger partial charge is 0.261 e. The van der Waals surface area contributed by atoms with Crippen molar-refractivity contribution in [3.05, 3.63) is 58.9 Å². The molecule has 2 aliphatic rings. The maximum atomic E-state index is 14.6. The van der Waals surface area contributed by atoms with Crippen LogP contribution in [0.15, 0.2) is 41.3 Å². The Bertz CT molecular complexity index is 985. The molecule has 2 aromatic rings. The molecule has 6 heteroatoms. The first-order valence-electron chi connectivity index (χ1n) is 11.1. The van der Waals surface area contributed by atoms with Gasteiger partial charge in [0.25, 0.3) is 10.0 Å². The van der Waals surface area contributed by atoms with Crippen LogP contribution in [-0.2, 0) is 29.4 Å². The second kappa shape index (κ2) is 9.48. The van der Waals surface area contributed by atoms with Gasteiger partial charge in [-0.2, -0.15) is 0 Å². The van der Waals surface area contributed by atoms with Gasteiger partial charge >= 0.3 is 0 Å². The molecular weight excluding hydrogens is 399 g/mol. The molecule has 2 N–H and O–H groups in total. The molecule has 1 aliphatic heterocycles. The molecule has 4 rings (SSSR count). The molecule has 1 fully saturated rings. The summed E-state index contributed by atoms with van der Waals surface area (Å²) in [5.41, 5.74) is 3.08. The fraction of sp³-hybridized carbons (Fsp3) is 0.500. The lowest BCUT2D eigenvalue weighted by atomic mass is 9.85. The van der Waals surface area contributed by atoms with Gasteiger partial charge in [-0.05, 0) is 72.7 Å². The predicted octanol–water partition coefficient (Wildman–Crippen LogP) is 5.18. The van der Waals surface area contributed by atoms with Gasteiger partial charge in [-0.3, -0.25) is 4.72 Å². The van der Waals surface area contributed by atoms with E-state index in [0.717, 1.165) is 55.0 Å². The average molecular weight is 431 g/mol. The van der Waals surface area contributed by atoms with Gasteiger partial charge in [0.05, 0.1) is 10.6 Å². The van der Waals surface area contributed by atoms with Gasteiger partial charge in [0.1, 0.15) is 5.82 Å². The first-order valence-corrected chi connectivity index (χ1v) is 12.6. The molecule has 4 nitrogen and oxygen atoms in total. The van der Waals surface area contributed by atoms with Crippen molar-refractivity contribution in [2.24, 2.45) is 5.92 Å². The van der Waals surface area contributed by atoms with Gasteiger partial charge in [-0.15, -0.1) is 0 Å². The number of fused-ring (bicyclic) bond motifs is 1. The lowest BCUT2D eigenvalue weighted by molar-refractivity contribution is 0.332. The largest absolute Gasteiger partial charge is 0.312 e. The molecule has 0 unspecified atom stereocenters. The number of anilines is 1. The fourth-order valence-corrected chi connectivity index (χ4v) is 5.81.